The molecule has 0 aliphatic heterocycles. The second kappa shape index (κ2) is 5.10. The van der Waals surface area contributed by atoms with Crippen LogP contribution >= 0.6 is 11.6 Å². The first-order chi connectivity index (χ1) is 8.56. The molecule has 0 saturated heterocycles. The Kier molecular flexibility index (Phi) is 3.53. The zero-order chi connectivity index (χ0) is 13.1. The maximum Gasteiger partial charge on any atom is 0.259 e. The topological polar surface area (TPSA) is 42.0 Å². The van der Waals surface area contributed by atoms with Gasteiger partial charge in [0.15, 0.2) is 0 Å². The van der Waals surface area contributed by atoms with Gasteiger partial charge in [-0.25, -0.2) is 13.8 Å². The average molecular weight is 269 g/mol. The van der Waals surface area contributed by atoms with Crippen LogP contribution in [0, 0.1) is 11.6 Å². The Labute approximate surface area is 106 Å². The van der Waals surface area contributed by atoms with Gasteiger partial charge in [0, 0.05) is 0 Å². The van der Waals surface area contributed by atoms with E-state index < -0.39 is 23.1 Å². The number of benzene rings is 1. The van der Waals surface area contributed by atoms with E-state index in [2.05, 4.69) is 10.3 Å². The van der Waals surface area contributed by atoms with Crippen molar-refractivity contribution in [3.63, 3.8) is 0 Å². The van der Waals surface area contributed by atoms with E-state index >= 15 is 0 Å². The van der Waals surface area contributed by atoms with Crippen LogP contribution in [0.4, 0.5) is 14.6 Å². The molecule has 0 atom stereocenters. The number of hydrogen-bond donors (Lipinski definition) is 1. The van der Waals surface area contributed by atoms with Crippen molar-refractivity contribution in [1.29, 1.82) is 0 Å². The zero-order valence-electron chi connectivity index (χ0n) is 8.95. The zero-order valence-corrected chi connectivity index (χ0v) is 9.71. The number of anilines is 1. The van der Waals surface area contributed by atoms with Crippen LogP contribution in [0.25, 0.3) is 0 Å². The summed E-state index contributed by atoms with van der Waals surface area (Å²) in [5.74, 6) is -2.13. The molecule has 6 heteroatoms. The molecule has 0 aliphatic carbocycles. The standard InChI is InChI=1S/C12H7ClF2N2O/c13-10-2-1-3-11(16-10)17-12(18)8-6-7(14)4-5-9(8)15/h1-6H,(H,16,17,18). The van der Waals surface area contributed by atoms with Gasteiger partial charge in [0.1, 0.15) is 22.6 Å². The van der Waals surface area contributed by atoms with Gasteiger partial charge in [-0.3, -0.25) is 4.79 Å². The van der Waals surface area contributed by atoms with Gasteiger partial charge in [-0.15, -0.1) is 0 Å². The molecule has 1 aromatic heterocycles. The van der Waals surface area contributed by atoms with Gasteiger partial charge < -0.3 is 5.32 Å². The first-order valence-corrected chi connectivity index (χ1v) is 5.33. The van der Waals surface area contributed by atoms with Crippen LogP contribution in [0.5, 0.6) is 0 Å². The molecule has 1 N–H and O–H groups in total. The lowest BCUT2D eigenvalue weighted by Gasteiger charge is -2.05. The summed E-state index contributed by atoms with van der Waals surface area (Å²) < 4.78 is 26.3. The fraction of sp³-hybridized carbons (Fsp3) is 0. The van der Waals surface area contributed by atoms with Crippen LogP contribution in [-0.4, -0.2) is 10.9 Å². The Hall–Kier alpha value is -2.01. The second-order valence-electron chi connectivity index (χ2n) is 3.42. The highest BCUT2D eigenvalue weighted by Crippen LogP contribution is 2.13. The van der Waals surface area contributed by atoms with Crippen LogP contribution in [0.1, 0.15) is 10.4 Å². The fourth-order valence-corrected chi connectivity index (χ4v) is 1.50. The van der Waals surface area contributed by atoms with Gasteiger partial charge in [-0.2, -0.15) is 0 Å². The Morgan fingerprint density at radius 3 is 2.72 bits per heavy atom. The molecule has 0 unspecified atom stereocenters. The molecule has 2 rings (SSSR count). The number of nitrogens with zero attached hydrogens (tertiary/aromatic N) is 1. The van der Waals surface area contributed by atoms with Gasteiger partial charge in [-0.1, -0.05) is 17.7 Å². The lowest BCUT2D eigenvalue weighted by molar-refractivity contribution is 0.102. The third-order valence-corrected chi connectivity index (χ3v) is 2.34. The molecule has 1 aromatic carbocycles. The minimum atomic E-state index is -0.809. The Balaban J connectivity index is 2.24. The number of carbonyl (C=O) groups excluding carboxylic acids is 1. The van der Waals surface area contributed by atoms with Gasteiger partial charge in [0.2, 0.25) is 0 Å². The van der Waals surface area contributed by atoms with E-state index in [4.69, 9.17) is 11.6 Å². The molecule has 0 aliphatic rings. The van der Waals surface area contributed by atoms with Gasteiger partial charge >= 0.3 is 0 Å². The number of halogens is 3. The highest BCUT2D eigenvalue weighted by Gasteiger charge is 2.13. The SMILES string of the molecule is O=C(Nc1cccc(Cl)n1)c1cc(F)ccc1F. The molecule has 18 heavy (non-hydrogen) atoms. The van der Waals surface area contributed by atoms with Crippen LogP contribution in [0.3, 0.4) is 0 Å². The number of carbonyl (C=O) groups is 1. The molecule has 92 valence electrons. The molecule has 0 fully saturated rings. The summed E-state index contributed by atoms with van der Waals surface area (Å²) >= 11 is 5.63. The summed E-state index contributed by atoms with van der Waals surface area (Å²) in [4.78, 5) is 15.5. The smallest absolute Gasteiger partial charge is 0.259 e. The third kappa shape index (κ3) is 2.81. The minimum Gasteiger partial charge on any atom is -0.306 e. The maximum atomic E-state index is 13.3. The second-order valence-corrected chi connectivity index (χ2v) is 3.81. The molecule has 2 aromatic rings. The highest BCUT2D eigenvalue weighted by molar-refractivity contribution is 6.29. The summed E-state index contributed by atoms with van der Waals surface area (Å²) in [6.45, 7) is 0. The molecule has 0 bridgehead atoms. The highest BCUT2D eigenvalue weighted by atomic mass is 35.5. The number of hydrogen-bond acceptors (Lipinski definition) is 2. The van der Waals surface area contributed by atoms with Gasteiger partial charge in [0.25, 0.3) is 5.91 Å². The van der Waals surface area contributed by atoms with Crippen LogP contribution in [0.2, 0.25) is 5.15 Å². The monoisotopic (exact) mass is 268 g/mol. The van der Waals surface area contributed by atoms with Crippen molar-refractivity contribution in [2.45, 2.75) is 0 Å². The van der Waals surface area contributed by atoms with Crippen LogP contribution in [0.15, 0.2) is 36.4 Å². The van der Waals surface area contributed by atoms with Crippen molar-refractivity contribution in [2.75, 3.05) is 5.32 Å². The molecule has 3 nitrogen and oxygen atoms in total. The van der Waals surface area contributed by atoms with Crippen molar-refractivity contribution in [3.8, 4) is 0 Å². The summed E-state index contributed by atoms with van der Waals surface area (Å²) in [6, 6.07) is 7.22. The first kappa shape index (κ1) is 12.4. The van der Waals surface area contributed by atoms with E-state index in [-0.39, 0.29) is 11.0 Å². The van der Waals surface area contributed by atoms with Gasteiger partial charge in [-0.05, 0) is 30.3 Å². The molecular formula is C12H7ClF2N2O. The van der Waals surface area contributed by atoms with Crippen molar-refractivity contribution in [1.82, 2.24) is 4.98 Å². The number of pyridine rings is 1. The van der Waals surface area contributed by atoms with Crippen molar-refractivity contribution < 1.29 is 13.6 Å². The van der Waals surface area contributed by atoms with Crippen molar-refractivity contribution >= 4 is 23.3 Å². The summed E-state index contributed by atoms with van der Waals surface area (Å²) in [5.41, 5.74) is -0.392. The van der Waals surface area contributed by atoms with Crippen LogP contribution in [-0.2, 0) is 0 Å². The van der Waals surface area contributed by atoms with Crippen molar-refractivity contribution in [2.24, 2.45) is 0 Å². The molecule has 0 spiro atoms. The lowest BCUT2D eigenvalue weighted by Crippen LogP contribution is -2.15. The molecule has 0 radical (unpaired) electrons. The number of rotatable bonds is 2. The third-order valence-electron chi connectivity index (χ3n) is 2.13. The van der Waals surface area contributed by atoms with E-state index in [0.717, 1.165) is 18.2 Å². The van der Waals surface area contributed by atoms with E-state index in [9.17, 15) is 13.6 Å². The van der Waals surface area contributed by atoms with E-state index in [1.165, 1.54) is 12.1 Å². The number of aromatic nitrogens is 1. The Morgan fingerprint density at radius 2 is 2.00 bits per heavy atom. The largest absolute Gasteiger partial charge is 0.306 e. The molecular weight excluding hydrogens is 262 g/mol. The molecule has 1 heterocycles. The first-order valence-electron chi connectivity index (χ1n) is 4.95. The lowest BCUT2D eigenvalue weighted by atomic mass is 10.2. The van der Waals surface area contributed by atoms with E-state index in [1.54, 1.807) is 6.07 Å². The molecule has 1 amide bonds. The minimum absolute atomic E-state index is 0.163. The average Bonchev–Trinajstić information content (AvgIpc) is 2.32. The Bertz CT molecular complexity index is 604. The van der Waals surface area contributed by atoms with Crippen molar-refractivity contribution in [3.05, 3.63) is 58.7 Å². The predicted octanol–water partition coefficient (Wildman–Crippen LogP) is 3.27. The van der Waals surface area contributed by atoms with E-state index in [1.807, 2.05) is 0 Å². The Morgan fingerprint density at radius 1 is 1.22 bits per heavy atom. The number of amides is 1. The quantitative estimate of drug-likeness (QED) is 0.850. The fourth-order valence-electron chi connectivity index (χ4n) is 1.33. The van der Waals surface area contributed by atoms with Crippen LogP contribution < -0.4 is 5.32 Å². The summed E-state index contributed by atoms with van der Waals surface area (Å²) in [5, 5.41) is 2.51. The predicted molar refractivity (Wildman–Crippen MR) is 63.6 cm³/mol. The molecule has 0 saturated carbocycles. The number of nitrogens with one attached hydrogen (secondary N) is 1. The normalized spacial score (nSPS) is 10.2. The van der Waals surface area contributed by atoms with E-state index in [0.29, 0.717) is 0 Å². The summed E-state index contributed by atoms with van der Waals surface area (Å²) in [7, 11) is 0. The van der Waals surface area contributed by atoms with Gasteiger partial charge in [0.05, 0.1) is 5.56 Å². The maximum absolute atomic E-state index is 13.3. The summed E-state index contributed by atoms with van der Waals surface area (Å²) in [6.07, 6.45) is 0.